The van der Waals surface area contributed by atoms with Crippen LogP contribution in [0.2, 0.25) is 0 Å². The molecule has 2 unspecified atom stereocenters. The van der Waals surface area contributed by atoms with Crippen molar-refractivity contribution in [1.82, 2.24) is 5.32 Å². The average Bonchev–Trinajstić information content (AvgIpc) is 2.91. The summed E-state index contributed by atoms with van der Waals surface area (Å²) in [5, 5.41) is 3.49. The molecule has 1 aromatic rings. The first-order valence-electron chi connectivity index (χ1n) is 5.31. The van der Waals surface area contributed by atoms with Gasteiger partial charge in [0.15, 0.2) is 0 Å². The minimum atomic E-state index is 0.774. The van der Waals surface area contributed by atoms with Crippen molar-refractivity contribution in [3.63, 3.8) is 0 Å². The lowest BCUT2D eigenvalue weighted by atomic mass is 10.2. The van der Waals surface area contributed by atoms with Crippen LogP contribution >= 0.6 is 0 Å². The molecule has 1 heteroatoms. The highest BCUT2D eigenvalue weighted by Gasteiger charge is 2.31. The maximum Gasteiger partial charge on any atom is 0.0140 e. The van der Waals surface area contributed by atoms with Crippen molar-refractivity contribution < 1.29 is 0 Å². The van der Waals surface area contributed by atoms with Gasteiger partial charge in [-0.15, -0.1) is 0 Å². The number of hydrogen-bond acceptors (Lipinski definition) is 1. The molecule has 0 saturated heterocycles. The maximum atomic E-state index is 3.49. The predicted molar refractivity (Wildman–Crippen MR) is 61.0 cm³/mol. The maximum absolute atomic E-state index is 3.49. The fourth-order valence-electron chi connectivity index (χ4n) is 1.59. The van der Waals surface area contributed by atoms with E-state index in [9.17, 15) is 0 Å². The van der Waals surface area contributed by atoms with Gasteiger partial charge in [0.1, 0.15) is 0 Å². The monoisotopic (exact) mass is 187 g/mol. The van der Waals surface area contributed by atoms with E-state index < -0.39 is 0 Å². The Kier molecular flexibility index (Phi) is 3.00. The van der Waals surface area contributed by atoms with Crippen LogP contribution in [-0.2, 0) is 0 Å². The predicted octanol–water partition coefficient (Wildman–Crippen LogP) is 2.70. The van der Waals surface area contributed by atoms with E-state index in [0.717, 1.165) is 18.5 Å². The first kappa shape index (κ1) is 9.47. The highest BCUT2D eigenvalue weighted by molar-refractivity contribution is 5.48. The van der Waals surface area contributed by atoms with Gasteiger partial charge in [-0.2, -0.15) is 0 Å². The van der Waals surface area contributed by atoms with Crippen molar-refractivity contribution in [1.29, 1.82) is 0 Å². The molecule has 0 heterocycles. The van der Waals surface area contributed by atoms with Crippen LogP contribution in [0.3, 0.4) is 0 Å². The molecule has 1 aromatic carbocycles. The molecule has 1 saturated carbocycles. The highest BCUT2D eigenvalue weighted by atomic mass is 15.0. The van der Waals surface area contributed by atoms with Crippen molar-refractivity contribution >= 4 is 6.08 Å². The average molecular weight is 187 g/mol. The molecule has 74 valence electrons. The van der Waals surface area contributed by atoms with Crippen molar-refractivity contribution in [2.45, 2.75) is 19.4 Å². The summed E-state index contributed by atoms with van der Waals surface area (Å²) in [6.07, 6.45) is 5.71. The normalized spacial score (nSPS) is 25.5. The van der Waals surface area contributed by atoms with Gasteiger partial charge in [-0.1, -0.05) is 49.4 Å². The molecule has 1 nitrogen and oxygen atoms in total. The third-order valence-electron chi connectivity index (χ3n) is 2.72. The summed E-state index contributed by atoms with van der Waals surface area (Å²) in [5.74, 6) is 0.889. The Morgan fingerprint density at radius 3 is 2.71 bits per heavy atom. The first-order chi connectivity index (χ1) is 6.86. The van der Waals surface area contributed by atoms with E-state index in [1.807, 2.05) is 6.07 Å². The second kappa shape index (κ2) is 4.43. The van der Waals surface area contributed by atoms with Crippen LogP contribution < -0.4 is 5.32 Å². The lowest BCUT2D eigenvalue weighted by Gasteiger charge is -1.96. The second-order valence-electron chi connectivity index (χ2n) is 4.04. The number of benzene rings is 1. The van der Waals surface area contributed by atoms with Crippen LogP contribution in [0.25, 0.3) is 6.08 Å². The Morgan fingerprint density at radius 1 is 1.36 bits per heavy atom. The standard InChI is InChI=1S/C13H17N/c1-11-10-13(11)14-9-5-8-12-6-3-2-4-7-12/h2-8,11,13-14H,9-10H2,1H3. The summed E-state index contributed by atoms with van der Waals surface area (Å²) < 4.78 is 0. The van der Waals surface area contributed by atoms with Crippen LogP contribution in [-0.4, -0.2) is 12.6 Å². The molecule has 2 atom stereocenters. The number of rotatable bonds is 4. The van der Waals surface area contributed by atoms with E-state index >= 15 is 0 Å². The Labute approximate surface area is 85.8 Å². The molecular weight excluding hydrogens is 170 g/mol. The van der Waals surface area contributed by atoms with Crippen molar-refractivity contribution in [2.24, 2.45) is 5.92 Å². The molecule has 2 rings (SSSR count). The zero-order valence-corrected chi connectivity index (χ0v) is 8.61. The van der Waals surface area contributed by atoms with Crippen molar-refractivity contribution in [3.8, 4) is 0 Å². The molecule has 14 heavy (non-hydrogen) atoms. The minimum Gasteiger partial charge on any atom is -0.310 e. The van der Waals surface area contributed by atoms with Crippen LogP contribution in [0.5, 0.6) is 0 Å². The molecule has 0 amide bonds. The molecule has 0 aliphatic heterocycles. The van der Waals surface area contributed by atoms with Gasteiger partial charge in [0.2, 0.25) is 0 Å². The lowest BCUT2D eigenvalue weighted by molar-refractivity contribution is 0.706. The van der Waals surface area contributed by atoms with E-state index in [4.69, 9.17) is 0 Å². The summed E-state index contributed by atoms with van der Waals surface area (Å²) in [6.45, 7) is 3.28. The Bertz CT molecular complexity index is 302. The van der Waals surface area contributed by atoms with Gasteiger partial charge in [0.05, 0.1) is 0 Å². The lowest BCUT2D eigenvalue weighted by Crippen LogP contribution is -2.17. The Balaban J connectivity index is 1.72. The molecule has 1 aliphatic carbocycles. The summed E-state index contributed by atoms with van der Waals surface area (Å²) in [5.41, 5.74) is 1.28. The second-order valence-corrected chi connectivity index (χ2v) is 4.04. The SMILES string of the molecule is CC1CC1NCC=Cc1ccccc1. The molecule has 0 spiro atoms. The van der Waals surface area contributed by atoms with Crippen LogP contribution in [0.15, 0.2) is 36.4 Å². The van der Waals surface area contributed by atoms with E-state index in [2.05, 4.69) is 48.7 Å². The molecule has 0 aromatic heterocycles. The fraction of sp³-hybridized carbons (Fsp3) is 0.385. The fourth-order valence-corrected chi connectivity index (χ4v) is 1.59. The zero-order valence-electron chi connectivity index (χ0n) is 8.61. The summed E-state index contributed by atoms with van der Waals surface area (Å²) in [4.78, 5) is 0. The van der Waals surface area contributed by atoms with Crippen LogP contribution in [0, 0.1) is 5.92 Å². The Morgan fingerprint density at radius 2 is 2.07 bits per heavy atom. The van der Waals surface area contributed by atoms with Gasteiger partial charge in [-0.05, 0) is 17.9 Å². The van der Waals surface area contributed by atoms with E-state index in [-0.39, 0.29) is 0 Å². The number of nitrogens with one attached hydrogen (secondary N) is 1. The van der Waals surface area contributed by atoms with Gasteiger partial charge < -0.3 is 5.32 Å². The van der Waals surface area contributed by atoms with Crippen LogP contribution in [0.4, 0.5) is 0 Å². The molecule has 0 radical (unpaired) electrons. The van der Waals surface area contributed by atoms with Gasteiger partial charge in [-0.3, -0.25) is 0 Å². The van der Waals surface area contributed by atoms with Gasteiger partial charge in [-0.25, -0.2) is 0 Å². The van der Waals surface area contributed by atoms with Crippen molar-refractivity contribution in [3.05, 3.63) is 42.0 Å². The van der Waals surface area contributed by atoms with E-state index in [1.165, 1.54) is 12.0 Å². The highest BCUT2D eigenvalue weighted by Crippen LogP contribution is 2.28. The molecular formula is C13H17N. The van der Waals surface area contributed by atoms with Gasteiger partial charge in [0, 0.05) is 12.6 Å². The smallest absolute Gasteiger partial charge is 0.0140 e. The largest absolute Gasteiger partial charge is 0.310 e. The van der Waals surface area contributed by atoms with Crippen molar-refractivity contribution in [2.75, 3.05) is 6.54 Å². The summed E-state index contributed by atoms with van der Waals surface area (Å²) in [6, 6.07) is 11.2. The first-order valence-corrected chi connectivity index (χ1v) is 5.31. The molecule has 1 N–H and O–H groups in total. The molecule has 0 bridgehead atoms. The van der Waals surface area contributed by atoms with Gasteiger partial charge >= 0.3 is 0 Å². The third kappa shape index (κ3) is 2.71. The quantitative estimate of drug-likeness (QED) is 0.764. The van der Waals surface area contributed by atoms with Gasteiger partial charge in [0.25, 0.3) is 0 Å². The molecule has 1 aliphatic rings. The third-order valence-corrected chi connectivity index (χ3v) is 2.72. The summed E-state index contributed by atoms with van der Waals surface area (Å²) in [7, 11) is 0. The van der Waals surface area contributed by atoms with E-state index in [1.54, 1.807) is 0 Å². The topological polar surface area (TPSA) is 12.0 Å². The zero-order chi connectivity index (χ0) is 9.80. The van der Waals surface area contributed by atoms with Crippen LogP contribution in [0.1, 0.15) is 18.9 Å². The Hall–Kier alpha value is -1.08. The number of hydrogen-bond donors (Lipinski definition) is 1. The van der Waals surface area contributed by atoms with E-state index in [0.29, 0.717) is 0 Å². The summed E-state index contributed by atoms with van der Waals surface area (Å²) >= 11 is 0. The minimum absolute atomic E-state index is 0.774. The molecule has 1 fully saturated rings.